The second-order valence-electron chi connectivity index (χ2n) is 4.22. The Hall–Kier alpha value is -1.56. The summed E-state index contributed by atoms with van der Waals surface area (Å²) in [6, 6.07) is 0. The predicted molar refractivity (Wildman–Crippen MR) is 78.3 cm³/mol. The van der Waals surface area contributed by atoms with Crippen molar-refractivity contribution in [1.29, 1.82) is 0 Å². The number of nitrogens with two attached hydrogens (primary N) is 1. The van der Waals surface area contributed by atoms with Crippen LogP contribution in [0.25, 0.3) is 0 Å². The van der Waals surface area contributed by atoms with Gasteiger partial charge in [-0.3, -0.25) is 4.79 Å². The maximum absolute atomic E-state index is 12.0. The lowest BCUT2D eigenvalue weighted by Crippen LogP contribution is -2.20. The standard InChI is InChI=1S/C13H20N2O3S/c1-5-7-15(4)12-9(13(17)18-6-2)10(14)11(19-12)8(3)16/h5-7,14H2,1-4H3. The average molecular weight is 284 g/mol. The van der Waals surface area contributed by atoms with Crippen LogP contribution in [0.2, 0.25) is 0 Å². The highest BCUT2D eigenvalue weighted by Crippen LogP contribution is 2.38. The molecule has 19 heavy (non-hydrogen) atoms. The number of rotatable bonds is 6. The van der Waals surface area contributed by atoms with Crippen LogP contribution in [-0.4, -0.2) is 32.0 Å². The molecule has 0 spiro atoms. The number of ether oxygens (including phenoxy) is 1. The van der Waals surface area contributed by atoms with Crippen molar-refractivity contribution in [2.45, 2.75) is 27.2 Å². The number of nitrogen functional groups attached to an aromatic ring is 1. The predicted octanol–water partition coefficient (Wildman–Crippen LogP) is 2.56. The van der Waals surface area contributed by atoms with E-state index in [-0.39, 0.29) is 18.1 Å². The van der Waals surface area contributed by atoms with Gasteiger partial charge in [0.2, 0.25) is 0 Å². The summed E-state index contributed by atoms with van der Waals surface area (Å²) in [7, 11) is 1.88. The molecule has 0 radical (unpaired) electrons. The third-order valence-electron chi connectivity index (χ3n) is 2.63. The molecule has 1 aromatic heterocycles. The van der Waals surface area contributed by atoms with Crippen LogP contribution in [0.5, 0.6) is 0 Å². The first-order chi connectivity index (χ1) is 8.93. The number of Topliss-reactive ketones (excluding diaryl/α,β-unsaturated/α-hetero) is 1. The molecule has 6 heteroatoms. The molecule has 0 atom stereocenters. The van der Waals surface area contributed by atoms with Gasteiger partial charge in [0.1, 0.15) is 10.6 Å². The topological polar surface area (TPSA) is 72.6 Å². The Bertz CT molecular complexity index is 482. The van der Waals surface area contributed by atoms with Crippen LogP contribution in [0.1, 0.15) is 47.2 Å². The quantitative estimate of drug-likeness (QED) is 0.642. The molecule has 0 aromatic carbocycles. The SMILES string of the molecule is CCCN(C)c1sc(C(C)=O)c(N)c1C(=O)OCC. The Kier molecular flexibility index (Phi) is 5.35. The normalized spacial score (nSPS) is 10.3. The molecular formula is C13H20N2O3S. The van der Waals surface area contributed by atoms with Crippen LogP contribution in [0.3, 0.4) is 0 Å². The zero-order valence-electron chi connectivity index (χ0n) is 11.8. The van der Waals surface area contributed by atoms with Gasteiger partial charge in [0.25, 0.3) is 0 Å². The fourth-order valence-corrected chi connectivity index (χ4v) is 2.89. The number of anilines is 2. The Morgan fingerprint density at radius 2 is 2.00 bits per heavy atom. The van der Waals surface area contributed by atoms with Gasteiger partial charge in [-0.1, -0.05) is 6.92 Å². The molecule has 2 N–H and O–H groups in total. The van der Waals surface area contributed by atoms with Gasteiger partial charge in [-0.2, -0.15) is 0 Å². The lowest BCUT2D eigenvalue weighted by molar-refractivity contribution is 0.0529. The van der Waals surface area contributed by atoms with Crippen molar-refractivity contribution in [2.24, 2.45) is 0 Å². The highest BCUT2D eigenvalue weighted by molar-refractivity contribution is 7.19. The number of nitrogens with zero attached hydrogens (tertiary/aromatic N) is 1. The van der Waals surface area contributed by atoms with Gasteiger partial charge in [-0.05, 0) is 13.3 Å². The van der Waals surface area contributed by atoms with E-state index in [1.54, 1.807) is 6.92 Å². The van der Waals surface area contributed by atoms with Gasteiger partial charge in [0.05, 0.1) is 17.2 Å². The molecule has 1 heterocycles. The van der Waals surface area contributed by atoms with Gasteiger partial charge < -0.3 is 15.4 Å². The summed E-state index contributed by atoms with van der Waals surface area (Å²) in [5.41, 5.74) is 6.48. The lowest BCUT2D eigenvalue weighted by Gasteiger charge is -2.17. The lowest BCUT2D eigenvalue weighted by atomic mass is 10.2. The van der Waals surface area contributed by atoms with Crippen molar-refractivity contribution >= 4 is 33.8 Å². The van der Waals surface area contributed by atoms with Crippen LogP contribution in [0, 0.1) is 0 Å². The smallest absolute Gasteiger partial charge is 0.343 e. The number of hydrogen-bond acceptors (Lipinski definition) is 6. The van der Waals surface area contributed by atoms with Crippen molar-refractivity contribution in [2.75, 3.05) is 30.8 Å². The monoisotopic (exact) mass is 284 g/mol. The van der Waals surface area contributed by atoms with Gasteiger partial charge in [-0.15, -0.1) is 11.3 Å². The minimum absolute atomic E-state index is 0.135. The minimum atomic E-state index is -0.471. The third-order valence-corrected chi connectivity index (χ3v) is 4.05. The molecule has 0 saturated heterocycles. The first-order valence-electron chi connectivity index (χ1n) is 6.25. The molecule has 0 aliphatic heterocycles. The second kappa shape index (κ2) is 6.56. The van der Waals surface area contributed by atoms with E-state index >= 15 is 0 Å². The van der Waals surface area contributed by atoms with Crippen molar-refractivity contribution in [3.63, 3.8) is 0 Å². The Morgan fingerprint density at radius 3 is 2.47 bits per heavy atom. The molecule has 0 unspecified atom stereocenters. The van der Waals surface area contributed by atoms with E-state index in [1.165, 1.54) is 18.3 Å². The van der Waals surface area contributed by atoms with Gasteiger partial charge in [0.15, 0.2) is 5.78 Å². The number of esters is 1. The van der Waals surface area contributed by atoms with Crippen LogP contribution in [0.15, 0.2) is 0 Å². The van der Waals surface area contributed by atoms with Crippen molar-refractivity contribution in [3.05, 3.63) is 10.4 Å². The molecule has 0 fully saturated rings. The third kappa shape index (κ3) is 3.26. The van der Waals surface area contributed by atoms with E-state index in [0.717, 1.165) is 13.0 Å². The van der Waals surface area contributed by atoms with E-state index in [4.69, 9.17) is 10.5 Å². The van der Waals surface area contributed by atoms with E-state index in [2.05, 4.69) is 0 Å². The molecule has 1 aromatic rings. The van der Waals surface area contributed by atoms with Gasteiger partial charge in [-0.25, -0.2) is 4.79 Å². The maximum Gasteiger partial charge on any atom is 0.343 e. The van der Waals surface area contributed by atoms with Crippen molar-refractivity contribution in [1.82, 2.24) is 0 Å². The number of carbonyl (C=O) groups excluding carboxylic acids is 2. The molecule has 5 nitrogen and oxygen atoms in total. The van der Waals surface area contributed by atoms with Crippen molar-refractivity contribution in [3.8, 4) is 0 Å². The van der Waals surface area contributed by atoms with Crippen LogP contribution in [-0.2, 0) is 4.74 Å². The highest BCUT2D eigenvalue weighted by Gasteiger charge is 2.26. The maximum atomic E-state index is 12.0. The van der Waals surface area contributed by atoms with Crippen LogP contribution < -0.4 is 10.6 Å². The van der Waals surface area contributed by atoms with Gasteiger partial charge in [0, 0.05) is 20.5 Å². The fourth-order valence-electron chi connectivity index (χ4n) is 1.80. The fraction of sp³-hybridized carbons (Fsp3) is 0.538. The summed E-state index contributed by atoms with van der Waals surface area (Å²) < 4.78 is 5.02. The van der Waals surface area contributed by atoms with E-state index in [0.29, 0.717) is 15.4 Å². The van der Waals surface area contributed by atoms with E-state index in [1.807, 2.05) is 18.9 Å². The summed E-state index contributed by atoms with van der Waals surface area (Å²) in [4.78, 5) is 25.9. The minimum Gasteiger partial charge on any atom is -0.462 e. The summed E-state index contributed by atoms with van der Waals surface area (Å²) >= 11 is 1.25. The second-order valence-corrected chi connectivity index (χ2v) is 5.22. The zero-order chi connectivity index (χ0) is 14.6. The number of thiophene rings is 1. The molecule has 106 valence electrons. The molecule has 0 aliphatic carbocycles. The average Bonchev–Trinajstić information content (AvgIpc) is 2.67. The summed E-state index contributed by atoms with van der Waals surface area (Å²) in [5, 5.41) is 0.697. The summed E-state index contributed by atoms with van der Waals surface area (Å²) in [6.45, 7) is 6.29. The molecule has 0 saturated carbocycles. The van der Waals surface area contributed by atoms with E-state index in [9.17, 15) is 9.59 Å². The molecular weight excluding hydrogens is 264 g/mol. The molecule has 0 aliphatic rings. The largest absolute Gasteiger partial charge is 0.462 e. The van der Waals surface area contributed by atoms with Crippen molar-refractivity contribution < 1.29 is 14.3 Å². The molecule has 1 rings (SSSR count). The zero-order valence-corrected chi connectivity index (χ0v) is 12.6. The Labute approximate surface area is 117 Å². The first kappa shape index (κ1) is 15.5. The summed E-state index contributed by atoms with van der Waals surface area (Å²) in [6.07, 6.45) is 0.936. The number of hydrogen-bond donors (Lipinski definition) is 1. The Morgan fingerprint density at radius 1 is 1.37 bits per heavy atom. The van der Waals surface area contributed by atoms with E-state index < -0.39 is 5.97 Å². The number of ketones is 1. The molecule has 0 amide bonds. The Balaban J connectivity index is 3.30. The van der Waals surface area contributed by atoms with Crippen LogP contribution in [0.4, 0.5) is 10.7 Å². The van der Waals surface area contributed by atoms with Gasteiger partial charge >= 0.3 is 5.97 Å². The summed E-state index contributed by atoms with van der Waals surface area (Å²) in [5.74, 6) is -0.606. The number of carbonyl (C=O) groups is 2. The van der Waals surface area contributed by atoms with Crippen LogP contribution >= 0.6 is 11.3 Å². The molecule has 0 bridgehead atoms. The highest BCUT2D eigenvalue weighted by atomic mass is 32.1. The first-order valence-corrected chi connectivity index (χ1v) is 7.07.